The molecule has 14 heavy (non-hydrogen) atoms. The van der Waals surface area contributed by atoms with E-state index in [1.54, 1.807) is 17.9 Å². The van der Waals surface area contributed by atoms with E-state index in [0.29, 0.717) is 5.75 Å². The second-order valence-corrected chi connectivity index (χ2v) is 2.68. The molecule has 1 N–H and O–H groups in total. The Morgan fingerprint density at radius 2 is 2.43 bits per heavy atom. The van der Waals surface area contributed by atoms with Gasteiger partial charge in [-0.15, -0.1) is 0 Å². The number of H-pyrrole nitrogens is 1. The standard InChI is InChI=1S/C8H8N4O2/c1-12-5-6(4-11-12)14-8-7(13)9-2-3-10-8/h2-5H,1H3,(H,9,13). The second kappa shape index (κ2) is 3.33. The van der Waals surface area contributed by atoms with Crippen LogP contribution in [0.2, 0.25) is 0 Å². The number of ether oxygens (including phenoxy) is 1. The van der Waals surface area contributed by atoms with Gasteiger partial charge < -0.3 is 9.72 Å². The van der Waals surface area contributed by atoms with Gasteiger partial charge in [0.15, 0.2) is 5.75 Å². The predicted octanol–water partition coefficient (Wildman–Crippen LogP) is 0.296. The first kappa shape index (κ1) is 8.49. The highest BCUT2D eigenvalue weighted by Crippen LogP contribution is 2.13. The molecule has 2 heterocycles. The van der Waals surface area contributed by atoms with Crippen LogP contribution in [-0.4, -0.2) is 19.7 Å². The fourth-order valence-electron chi connectivity index (χ4n) is 0.974. The Morgan fingerprint density at radius 3 is 3.07 bits per heavy atom. The van der Waals surface area contributed by atoms with Gasteiger partial charge in [-0.3, -0.25) is 9.48 Å². The first-order chi connectivity index (χ1) is 6.75. The summed E-state index contributed by atoms with van der Waals surface area (Å²) in [4.78, 5) is 17.4. The zero-order valence-corrected chi connectivity index (χ0v) is 7.47. The van der Waals surface area contributed by atoms with Crippen molar-refractivity contribution in [3.63, 3.8) is 0 Å². The Hall–Kier alpha value is -2.11. The third-order valence-electron chi connectivity index (χ3n) is 1.57. The maximum Gasteiger partial charge on any atom is 0.311 e. The quantitative estimate of drug-likeness (QED) is 0.742. The molecule has 0 aliphatic rings. The lowest BCUT2D eigenvalue weighted by atomic mass is 10.6. The Morgan fingerprint density at radius 1 is 1.57 bits per heavy atom. The molecule has 0 aliphatic heterocycles. The molecule has 0 spiro atoms. The summed E-state index contributed by atoms with van der Waals surface area (Å²) in [6, 6.07) is 0. The third kappa shape index (κ3) is 1.63. The summed E-state index contributed by atoms with van der Waals surface area (Å²) in [6.07, 6.45) is 6.05. The van der Waals surface area contributed by atoms with Crippen molar-refractivity contribution in [3.05, 3.63) is 35.1 Å². The number of hydrogen-bond donors (Lipinski definition) is 1. The van der Waals surface area contributed by atoms with E-state index in [2.05, 4.69) is 15.1 Å². The maximum atomic E-state index is 11.2. The molecule has 0 fully saturated rings. The van der Waals surface area contributed by atoms with Crippen LogP contribution >= 0.6 is 0 Å². The van der Waals surface area contributed by atoms with Gasteiger partial charge in [0, 0.05) is 19.4 Å². The first-order valence-electron chi connectivity index (χ1n) is 3.96. The molecule has 0 radical (unpaired) electrons. The normalized spacial score (nSPS) is 10.1. The molecular weight excluding hydrogens is 184 g/mol. The summed E-state index contributed by atoms with van der Waals surface area (Å²) in [5.74, 6) is 0.497. The molecule has 0 unspecified atom stereocenters. The van der Waals surface area contributed by atoms with E-state index in [1.165, 1.54) is 18.6 Å². The average molecular weight is 192 g/mol. The fraction of sp³-hybridized carbons (Fsp3) is 0.125. The van der Waals surface area contributed by atoms with Gasteiger partial charge in [-0.1, -0.05) is 0 Å². The third-order valence-corrected chi connectivity index (χ3v) is 1.57. The molecule has 0 saturated heterocycles. The molecule has 2 aromatic rings. The highest BCUT2D eigenvalue weighted by molar-refractivity contribution is 5.18. The van der Waals surface area contributed by atoms with Crippen molar-refractivity contribution < 1.29 is 4.74 Å². The summed E-state index contributed by atoms with van der Waals surface area (Å²) in [6.45, 7) is 0. The van der Waals surface area contributed by atoms with Crippen LogP contribution in [0.3, 0.4) is 0 Å². The Balaban J connectivity index is 2.27. The van der Waals surface area contributed by atoms with Crippen LogP contribution < -0.4 is 10.3 Å². The molecular formula is C8H8N4O2. The zero-order chi connectivity index (χ0) is 9.97. The summed E-state index contributed by atoms with van der Waals surface area (Å²) >= 11 is 0. The minimum absolute atomic E-state index is 0.0144. The van der Waals surface area contributed by atoms with Crippen molar-refractivity contribution in [1.82, 2.24) is 19.7 Å². The highest BCUT2D eigenvalue weighted by atomic mass is 16.5. The van der Waals surface area contributed by atoms with Crippen molar-refractivity contribution in [2.75, 3.05) is 0 Å². The SMILES string of the molecule is Cn1cc(Oc2ncc[nH]c2=O)cn1. The Kier molecular flexibility index (Phi) is 2.02. The van der Waals surface area contributed by atoms with Gasteiger partial charge in [0.25, 0.3) is 5.88 Å². The zero-order valence-electron chi connectivity index (χ0n) is 7.47. The van der Waals surface area contributed by atoms with Crippen LogP contribution in [-0.2, 0) is 7.05 Å². The summed E-state index contributed by atoms with van der Waals surface area (Å²) in [5.41, 5.74) is -0.364. The lowest BCUT2D eigenvalue weighted by Crippen LogP contribution is -2.08. The second-order valence-electron chi connectivity index (χ2n) is 2.68. The van der Waals surface area contributed by atoms with Crippen molar-refractivity contribution in [1.29, 1.82) is 0 Å². The van der Waals surface area contributed by atoms with E-state index in [9.17, 15) is 4.79 Å². The van der Waals surface area contributed by atoms with E-state index in [4.69, 9.17) is 4.74 Å². The smallest absolute Gasteiger partial charge is 0.311 e. The van der Waals surface area contributed by atoms with Gasteiger partial charge in [0.2, 0.25) is 0 Å². The van der Waals surface area contributed by atoms with Crippen LogP contribution in [0.15, 0.2) is 29.6 Å². The minimum atomic E-state index is -0.364. The first-order valence-corrected chi connectivity index (χ1v) is 3.96. The molecule has 0 saturated carbocycles. The lowest BCUT2D eigenvalue weighted by molar-refractivity contribution is 0.453. The summed E-state index contributed by atoms with van der Waals surface area (Å²) in [7, 11) is 1.76. The monoisotopic (exact) mass is 192 g/mol. The van der Waals surface area contributed by atoms with Gasteiger partial charge in [0.1, 0.15) is 0 Å². The largest absolute Gasteiger partial charge is 0.431 e. The van der Waals surface area contributed by atoms with E-state index in [-0.39, 0.29) is 11.4 Å². The van der Waals surface area contributed by atoms with Crippen LogP contribution in [0.1, 0.15) is 0 Å². The topological polar surface area (TPSA) is 72.8 Å². The Bertz CT molecular complexity index is 488. The molecule has 2 aromatic heterocycles. The van der Waals surface area contributed by atoms with Gasteiger partial charge in [-0.25, -0.2) is 4.98 Å². The summed E-state index contributed by atoms with van der Waals surface area (Å²) in [5, 5.41) is 3.89. The van der Waals surface area contributed by atoms with Crippen LogP contribution in [0.4, 0.5) is 0 Å². The number of nitrogens with one attached hydrogen (secondary N) is 1. The number of hydrogen-bond acceptors (Lipinski definition) is 4. The number of rotatable bonds is 2. The van der Waals surface area contributed by atoms with Gasteiger partial charge in [-0.2, -0.15) is 5.10 Å². The fourth-order valence-corrected chi connectivity index (χ4v) is 0.974. The summed E-state index contributed by atoms with van der Waals surface area (Å²) < 4.78 is 6.77. The molecule has 0 amide bonds. The maximum absolute atomic E-state index is 11.2. The van der Waals surface area contributed by atoms with Crippen molar-refractivity contribution in [2.24, 2.45) is 7.05 Å². The van der Waals surface area contributed by atoms with Crippen LogP contribution in [0, 0.1) is 0 Å². The number of aromatic nitrogens is 4. The molecule has 72 valence electrons. The van der Waals surface area contributed by atoms with E-state index in [0.717, 1.165) is 0 Å². The molecule has 2 rings (SSSR count). The lowest BCUT2D eigenvalue weighted by Gasteiger charge is -1.97. The molecule has 0 aromatic carbocycles. The molecule has 0 atom stereocenters. The molecule has 0 bridgehead atoms. The number of nitrogens with zero attached hydrogens (tertiary/aromatic N) is 3. The van der Waals surface area contributed by atoms with Crippen molar-refractivity contribution >= 4 is 0 Å². The predicted molar refractivity (Wildman–Crippen MR) is 48.1 cm³/mol. The van der Waals surface area contributed by atoms with E-state index >= 15 is 0 Å². The average Bonchev–Trinajstić information content (AvgIpc) is 2.56. The highest BCUT2D eigenvalue weighted by Gasteiger charge is 2.03. The Labute approximate surface area is 79.2 Å². The van der Waals surface area contributed by atoms with Crippen LogP contribution in [0.5, 0.6) is 11.6 Å². The van der Waals surface area contributed by atoms with E-state index in [1.807, 2.05) is 0 Å². The van der Waals surface area contributed by atoms with Gasteiger partial charge in [-0.05, 0) is 0 Å². The van der Waals surface area contributed by atoms with Crippen molar-refractivity contribution in [2.45, 2.75) is 0 Å². The molecule has 6 heteroatoms. The molecule has 6 nitrogen and oxygen atoms in total. The van der Waals surface area contributed by atoms with Crippen molar-refractivity contribution in [3.8, 4) is 11.6 Å². The van der Waals surface area contributed by atoms with E-state index < -0.39 is 0 Å². The minimum Gasteiger partial charge on any atom is -0.431 e. The van der Waals surface area contributed by atoms with Gasteiger partial charge >= 0.3 is 5.56 Å². The number of aryl methyl sites for hydroxylation is 1. The molecule has 0 aliphatic carbocycles. The number of aromatic amines is 1. The van der Waals surface area contributed by atoms with Crippen LogP contribution in [0.25, 0.3) is 0 Å². The van der Waals surface area contributed by atoms with Gasteiger partial charge in [0.05, 0.1) is 12.4 Å².